The zero-order valence-electron chi connectivity index (χ0n) is 20.4. The largest absolute Gasteiger partial charge is 0.573 e. The van der Waals surface area contributed by atoms with Crippen molar-refractivity contribution in [3.05, 3.63) is 77.7 Å². The molecule has 0 bridgehead atoms. The normalized spacial score (nSPS) is 19.5. The molecule has 3 N–H and O–H groups in total. The number of ether oxygens (including phenoxy) is 2. The molecule has 5 rings (SSSR count). The Labute approximate surface area is 217 Å². The van der Waals surface area contributed by atoms with Gasteiger partial charge in [0.1, 0.15) is 17.1 Å². The second-order valence-corrected chi connectivity index (χ2v) is 9.76. The van der Waals surface area contributed by atoms with Crippen LogP contribution in [0.25, 0.3) is 0 Å². The minimum Gasteiger partial charge on any atom is -0.487 e. The third-order valence-electron chi connectivity index (χ3n) is 7.07. The summed E-state index contributed by atoms with van der Waals surface area (Å²) >= 11 is 0. The third kappa shape index (κ3) is 6.11. The highest BCUT2D eigenvalue weighted by molar-refractivity contribution is 5.91. The quantitative estimate of drug-likeness (QED) is 0.378. The number of carbonyl (C=O) groups is 1. The lowest BCUT2D eigenvalue weighted by molar-refractivity contribution is -0.274. The molecule has 38 heavy (non-hydrogen) atoms. The molecule has 1 saturated carbocycles. The third-order valence-corrected chi connectivity index (χ3v) is 7.07. The highest BCUT2D eigenvalue weighted by Gasteiger charge is 2.46. The van der Waals surface area contributed by atoms with Gasteiger partial charge in [0, 0.05) is 30.6 Å². The first-order chi connectivity index (χ1) is 18.2. The number of nitrogens with zero attached hydrogens (tertiary/aromatic N) is 1. The average molecular weight is 532 g/mol. The summed E-state index contributed by atoms with van der Waals surface area (Å²) in [5, 5.41) is 20.9. The van der Waals surface area contributed by atoms with Gasteiger partial charge in [-0.05, 0) is 49.4 Å². The molecule has 2 aromatic carbocycles. The SMILES string of the molecule is O=C(N[C@@H](Cc1ccccc1)[C@@H](O)CN[C@H]1CC2(CCC2)Oc2ccc(OC(F)(F)F)cc21)c1ccno1. The number of aliphatic hydroxyl groups excluding tert-OH is 1. The predicted octanol–water partition coefficient (Wildman–Crippen LogP) is 4.31. The van der Waals surface area contributed by atoms with E-state index < -0.39 is 24.4 Å². The van der Waals surface area contributed by atoms with Crippen LogP contribution in [-0.2, 0) is 6.42 Å². The minimum absolute atomic E-state index is 0.0192. The molecule has 202 valence electrons. The van der Waals surface area contributed by atoms with Gasteiger partial charge in [0.05, 0.1) is 18.3 Å². The summed E-state index contributed by atoms with van der Waals surface area (Å²) < 4.78 is 53.8. The first-order valence-electron chi connectivity index (χ1n) is 12.5. The van der Waals surface area contributed by atoms with Crippen molar-refractivity contribution < 1.29 is 37.1 Å². The van der Waals surface area contributed by atoms with E-state index in [2.05, 4.69) is 20.5 Å². The zero-order valence-corrected chi connectivity index (χ0v) is 20.4. The summed E-state index contributed by atoms with van der Waals surface area (Å²) in [4.78, 5) is 12.7. The first kappa shape index (κ1) is 26.1. The zero-order chi connectivity index (χ0) is 26.8. The van der Waals surface area contributed by atoms with E-state index in [4.69, 9.17) is 9.26 Å². The van der Waals surface area contributed by atoms with Crippen molar-refractivity contribution in [2.45, 2.75) is 62.3 Å². The summed E-state index contributed by atoms with van der Waals surface area (Å²) in [6.07, 6.45) is -0.903. The number of hydrogen-bond donors (Lipinski definition) is 3. The summed E-state index contributed by atoms with van der Waals surface area (Å²) in [6.45, 7) is 0.0682. The molecule has 1 amide bonds. The molecule has 1 spiro atoms. The average Bonchev–Trinajstić information content (AvgIpc) is 3.41. The summed E-state index contributed by atoms with van der Waals surface area (Å²) in [5.41, 5.74) is 1.06. The van der Waals surface area contributed by atoms with Crippen LogP contribution in [0.15, 0.2) is 65.3 Å². The Hall–Kier alpha value is -3.57. The van der Waals surface area contributed by atoms with Crippen LogP contribution >= 0.6 is 0 Å². The van der Waals surface area contributed by atoms with Crippen LogP contribution in [0.1, 0.15) is 53.4 Å². The van der Waals surface area contributed by atoms with Crippen LogP contribution in [0.4, 0.5) is 13.2 Å². The van der Waals surface area contributed by atoms with E-state index in [1.54, 1.807) is 0 Å². The van der Waals surface area contributed by atoms with Gasteiger partial charge in [-0.15, -0.1) is 13.2 Å². The van der Waals surface area contributed by atoms with Gasteiger partial charge >= 0.3 is 6.36 Å². The molecule has 1 aromatic heterocycles. The van der Waals surface area contributed by atoms with E-state index >= 15 is 0 Å². The van der Waals surface area contributed by atoms with Gasteiger partial charge in [-0.2, -0.15) is 0 Å². The van der Waals surface area contributed by atoms with Gasteiger partial charge in [0.25, 0.3) is 5.91 Å². The Kier molecular flexibility index (Phi) is 7.31. The molecule has 1 aliphatic heterocycles. The van der Waals surface area contributed by atoms with Gasteiger partial charge in [-0.25, -0.2) is 0 Å². The van der Waals surface area contributed by atoms with E-state index in [9.17, 15) is 23.1 Å². The Morgan fingerprint density at radius 3 is 2.63 bits per heavy atom. The van der Waals surface area contributed by atoms with E-state index in [0.29, 0.717) is 24.2 Å². The number of hydrogen-bond acceptors (Lipinski definition) is 7. The van der Waals surface area contributed by atoms with Crippen LogP contribution in [0.2, 0.25) is 0 Å². The van der Waals surface area contributed by atoms with Crippen molar-refractivity contribution in [2.75, 3.05) is 6.54 Å². The minimum atomic E-state index is -4.82. The molecule has 2 aliphatic rings. The number of amides is 1. The Bertz CT molecular complexity index is 1230. The van der Waals surface area contributed by atoms with Crippen LogP contribution in [0.3, 0.4) is 0 Å². The number of alkyl halides is 3. The monoisotopic (exact) mass is 531 g/mol. The second kappa shape index (κ2) is 10.7. The maximum Gasteiger partial charge on any atom is 0.573 e. The molecule has 0 radical (unpaired) electrons. The predicted molar refractivity (Wildman–Crippen MR) is 130 cm³/mol. The Morgan fingerprint density at radius 1 is 1.18 bits per heavy atom. The number of halogens is 3. The lowest BCUT2D eigenvalue weighted by atomic mass is 9.73. The fourth-order valence-corrected chi connectivity index (χ4v) is 5.03. The standard InChI is InChI=1S/C27H28F3N3O5/c28-27(29,30)36-18-7-8-23-19(14-18)21(15-26(37-23)10-4-11-26)31-16-22(34)20(13-17-5-2-1-3-6-17)33-25(35)24-9-12-32-38-24/h1-3,5-9,12,14,20-22,31,34H,4,10-11,13,15-16H2,(H,33,35)/t20-,21-,22-/m0/s1. The second-order valence-electron chi connectivity index (χ2n) is 9.76. The molecule has 2 heterocycles. The van der Waals surface area contributed by atoms with Crippen molar-refractivity contribution in [2.24, 2.45) is 0 Å². The fourth-order valence-electron chi connectivity index (χ4n) is 5.03. The molecular weight excluding hydrogens is 503 g/mol. The van der Waals surface area contributed by atoms with E-state index in [-0.39, 0.29) is 29.7 Å². The maximum absolute atomic E-state index is 12.8. The van der Waals surface area contributed by atoms with Gasteiger partial charge in [0.2, 0.25) is 5.76 Å². The lowest BCUT2D eigenvalue weighted by Crippen LogP contribution is -2.52. The van der Waals surface area contributed by atoms with Crippen LogP contribution in [0, 0.1) is 0 Å². The van der Waals surface area contributed by atoms with Crippen molar-refractivity contribution in [3.8, 4) is 11.5 Å². The van der Waals surface area contributed by atoms with E-state index in [1.165, 1.54) is 30.5 Å². The van der Waals surface area contributed by atoms with Crippen LogP contribution < -0.4 is 20.1 Å². The summed E-state index contributed by atoms with van der Waals surface area (Å²) in [6, 6.07) is 13.8. The number of carbonyl (C=O) groups excluding carboxylic acids is 1. The van der Waals surface area contributed by atoms with Crippen LogP contribution in [-0.4, -0.2) is 46.8 Å². The lowest BCUT2D eigenvalue weighted by Gasteiger charge is -2.48. The van der Waals surface area contributed by atoms with Gasteiger partial charge in [0.15, 0.2) is 0 Å². The smallest absolute Gasteiger partial charge is 0.487 e. The molecule has 1 aliphatic carbocycles. The van der Waals surface area contributed by atoms with E-state index in [0.717, 1.165) is 24.8 Å². The van der Waals surface area contributed by atoms with Crippen LogP contribution in [0.5, 0.6) is 11.5 Å². The van der Waals surface area contributed by atoms with Gasteiger partial charge < -0.3 is 29.7 Å². The molecule has 0 unspecified atom stereocenters. The molecule has 1 fully saturated rings. The van der Waals surface area contributed by atoms with Crippen molar-refractivity contribution in [1.82, 2.24) is 15.8 Å². The highest BCUT2D eigenvalue weighted by atomic mass is 19.4. The highest BCUT2D eigenvalue weighted by Crippen LogP contribution is 2.49. The molecule has 11 heteroatoms. The number of aromatic nitrogens is 1. The molecular formula is C27H28F3N3O5. The molecule has 3 atom stereocenters. The van der Waals surface area contributed by atoms with Gasteiger partial charge in [-0.1, -0.05) is 35.5 Å². The number of nitrogens with one attached hydrogen (secondary N) is 2. The van der Waals surface area contributed by atoms with Crippen molar-refractivity contribution >= 4 is 5.91 Å². The summed E-state index contributed by atoms with van der Waals surface area (Å²) in [7, 11) is 0. The number of rotatable bonds is 9. The maximum atomic E-state index is 12.8. The number of benzene rings is 2. The number of fused-ring (bicyclic) bond motifs is 1. The topological polar surface area (TPSA) is 106 Å². The van der Waals surface area contributed by atoms with Gasteiger partial charge in [-0.3, -0.25) is 4.79 Å². The molecule has 8 nitrogen and oxygen atoms in total. The van der Waals surface area contributed by atoms with Crippen molar-refractivity contribution in [3.63, 3.8) is 0 Å². The number of aliphatic hydroxyl groups is 1. The Balaban J connectivity index is 1.33. The first-order valence-corrected chi connectivity index (χ1v) is 12.5. The van der Waals surface area contributed by atoms with E-state index in [1.807, 2.05) is 30.3 Å². The molecule has 0 saturated heterocycles. The summed E-state index contributed by atoms with van der Waals surface area (Å²) in [5.74, 6) is -0.332. The fraction of sp³-hybridized carbons (Fsp3) is 0.407. The van der Waals surface area contributed by atoms with Crippen molar-refractivity contribution in [1.29, 1.82) is 0 Å². The molecule has 3 aromatic rings. The Morgan fingerprint density at radius 2 is 1.97 bits per heavy atom.